The SMILES string of the molecule is CCNC(=O)CN(C)C(=O)C(C#N)c1ccccc1. The monoisotopic (exact) mass is 259 g/mol. The minimum atomic E-state index is -0.874. The number of carbonyl (C=O) groups is 2. The number of carbonyl (C=O) groups excluding carboxylic acids is 2. The minimum absolute atomic E-state index is 0.0440. The van der Waals surface area contributed by atoms with Crippen LogP contribution in [0.25, 0.3) is 0 Å². The standard InChI is InChI=1S/C14H17N3O2/c1-3-16-13(18)10-17(2)14(19)12(9-15)11-7-5-4-6-8-11/h4-8,12H,3,10H2,1-2H3,(H,16,18). The van der Waals surface area contributed by atoms with Gasteiger partial charge in [-0.1, -0.05) is 30.3 Å². The molecule has 5 nitrogen and oxygen atoms in total. The van der Waals surface area contributed by atoms with E-state index in [1.807, 2.05) is 19.1 Å². The van der Waals surface area contributed by atoms with Crippen LogP contribution in [0, 0.1) is 11.3 Å². The summed E-state index contributed by atoms with van der Waals surface area (Å²) >= 11 is 0. The van der Waals surface area contributed by atoms with Gasteiger partial charge in [0.2, 0.25) is 11.8 Å². The number of amides is 2. The molecule has 0 bridgehead atoms. The Morgan fingerprint density at radius 2 is 2.00 bits per heavy atom. The van der Waals surface area contributed by atoms with Gasteiger partial charge in [-0.3, -0.25) is 9.59 Å². The van der Waals surface area contributed by atoms with Crippen LogP contribution >= 0.6 is 0 Å². The number of likely N-dealkylation sites (N-methyl/N-ethyl adjacent to an activating group) is 2. The molecule has 1 unspecified atom stereocenters. The fourth-order valence-corrected chi connectivity index (χ4v) is 1.68. The summed E-state index contributed by atoms with van der Waals surface area (Å²) in [6.45, 7) is 2.28. The Hall–Kier alpha value is -2.35. The van der Waals surface area contributed by atoms with Crippen molar-refractivity contribution in [3.8, 4) is 6.07 Å². The van der Waals surface area contributed by atoms with Gasteiger partial charge in [-0.2, -0.15) is 5.26 Å². The van der Waals surface area contributed by atoms with Crippen LogP contribution in [0.5, 0.6) is 0 Å². The number of benzene rings is 1. The second-order valence-electron chi connectivity index (χ2n) is 4.12. The van der Waals surface area contributed by atoms with Gasteiger partial charge in [-0.05, 0) is 12.5 Å². The van der Waals surface area contributed by atoms with E-state index in [0.29, 0.717) is 12.1 Å². The molecule has 5 heteroatoms. The lowest BCUT2D eigenvalue weighted by atomic mass is 9.99. The first-order chi connectivity index (χ1) is 9.10. The van der Waals surface area contributed by atoms with Crippen molar-refractivity contribution in [2.75, 3.05) is 20.1 Å². The van der Waals surface area contributed by atoms with E-state index in [9.17, 15) is 9.59 Å². The molecule has 0 aliphatic rings. The van der Waals surface area contributed by atoms with E-state index in [-0.39, 0.29) is 18.4 Å². The molecular formula is C14H17N3O2. The molecule has 2 amide bonds. The van der Waals surface area contributed by atoms with Crippen LogP contribution in [-0.2, 0) is 9.59 Å². The molecule has 0 radical (unpaired) electrons. The van der Waals surface area contributed by atoms with Crippen LogP contribution in [0.2, 0.25) is 0 Å². The van der Waals surface area contributed by atoms with Crippen molar-refractivity contribution in [2.45, 2.75) is 12.8 Å². The average Bonchev–Trinajstić information content (AvgIpc) is 2.40. The number of hydrogen-bond acceptors (Lipinski definition) is 3. The molecule has 0 aliphatic carbocycles. The van der Waals surface area contributed by atoms with Gasteiger partial charge in [0.1, 0.15) is 5.92 Å². The van der Waals surface area contributed by atoms with Crippen molar-refractivity contribution < 1.29 is 9.59 Å². The van der Waals surface area contributed by atoms with Crippen LogP contribution in [-0.4, -0.2) is 36.9 Å². The molecule has 0 saturated carbocycles. The van der Waals surface area contributed by atoms with E-state index < -0.39 is 5.92 Å². The van der Waals surface area contributed by atoms with E-state index in [1.165, 1.54) is 11.9 Å². The van der Waals surface area contributed by atoms with Crippen LogP contribution < -0.4 is 5.32 Å². The average molecular weight is 259 g/mol. The van der Waals surface area contributed by atoms with Crippen LogP contribution in [0.4, 0.5) is 0 Å². The number of nitrogens with one attached hydrogen (secondary N) is 1. The Balaban J connectivity index is 2.75. The highest BCUT2D eigenvalue weighted by atomic mass is 16.2. The summed E-state index contributed by atoms with van der Waals surface area (Å²) < 4.78 is 0. The molecule has 0 aliphatic heterocycles. The third kappa shape index (κ3) is 4.11. The van der Waals surface area contributed by atoms with E-state index in [4.69, 9.17) is 5.26 Å². The van der Waals surface area contributed by atoms with E-state index in [2.05, 4.69) is 5.32 Å². The predicted molar refractivity (Wildman–Crippen MR) is 71.1 cm³/mol. The highest BCUT2D eigenvalue weighted by Crippen LogP contribution is 2.16. The maximum atomic E-state index is 12.1. The molecule has 0 saturated heterocycles. The quantitative estimate of drug-likeness (QED) is 0.853. The molecule has 1 aromatic rings. The zero-order valence-corrected chi connectivity index (χ0v) is 11.1. The largest absolute Gasteiger partial charge is 0.355 e. The van der Waals surface area contributed by atoms with Crippen molar-refractivity contribution in [3.05, 3.63) is 35.9 Å². The van der Waals surface area contributed by atoms with Crippen molar-refractivity contribution >= 4 is 11.8 Å². The normalized spacial score (nSPS) is 11.2. The molecule has 100 valence electrons. The Kier molecular flexibility index (Phi) is 5.55. The van der Waals surface area contributed by atoms with Crippen LogP contribution in [0.1, 0.15) is 18.4 Å². The third-order valence-electron chi connectivity index (χ3n) is 2.64. The van der Waals surface area contributed by atoms with Crippen molar-refractivity contribution in [1.82, 2.24) is 10.2 Å². The van der Waals surface area contributed by atoms with E-state index in [0.717, 1.165) is 0 Å². The molecule has 0 aromatic heterocycles. The molecule has 1 rings (SSSR count). The third-order valence-corrected chi connectivity index (χ3v) is 2.64. The summed E-state index contributed by atoms with van der Waals surface area (Å²) in [5.41, 5.74) is 0.637. The van der Waals surface area contributed by atoms with Gasteiger partial charge in [0.25, 0.3) is 0 Å². The van der Waals surface area contributed by atoms with Crippen LogP contribution in [0.15, 0.2) is 30.3 Å². The summed E-state index contributed by atoms with van der Waals surface area (Å²) in [7, 11) is 1.52. The number of nitrogens with zero attached hydrogens (tertiary/aromatic N) is 2. The highest BCUT2D eigenvalue weighted by Gasteiger charge is 2.24. The number of nitriles is 1. The molecule has 1 aromatic carbocycles. The highest BCUT2D eigenvalue weighted by molar-refractivity contribution is 5.90. The lowest BCUT2D eigenvalue weighted by molar-refractivity contribution is -0.134. The van der Waals surface area contributed by atoms with E-state index in [1.54, 1.807) is 24.3 Å². The van der Waals surface area contributed by atoms with Gasteiger partial charge >= 0.3 is 0 Å². The maximum absolute atomic E-state index is 12.1. The predicted octanol–water partition coefficient (Wildman–Crippen LogP) is 0.888. The summed E-state index contributed by atoms with van der Waals surface area (Å²) in [6.07, 6.45) is 0. The summed E-state index contributed by atoms with van der Waals surface area (Å²) in [5, 5.41) is 11.8. The topological polar surface area (TPSA) is 73.2 Å². The van der Waals surface area contributed by atoms with Gasteiger partial charge in [0.15, 0.2) is 0 Å². The molecule has 19 heavy (non-hydrogen) atoms. The molecule has 0 spiro atoms. The number of hydrogen-bond donors (Lipinski definition) is 1. The van der Waals surface area contributed by atoms with Gasteiger partial charge in [0.05, 0.1) is 12.6 Å². The first kappa shape index (κ1) is 14.7. The number of rotatable bonds is 5. The first-order valence-corrected chi connectivity index (χ1v) is 6.06. The summed E-state index contributed by atoms with van der Waals surface area (Å²) in [4.78, 5) is 24.8. The Bertz CT molecular complexity index is 479. The molecule has 1 atom stereocenters. The lowest BCUT2D eigenvalue weighted by Crippen LogP contribution is -2.40. The minimum Gasteiger partial charge on any atom is -0.355 e. The maximum Gasteiger partial charge on any atom is 0.244 e. The Morgan fingerprint density at radius 1 is 1.37 bits per heavy atom. The molecular weight excluding hydrogens is 242 g/mol. The fraction of sp³-hybridized carbons (Fsp3) is 0.357. The smallest absolute Gasteiger partial charge is 0.244 e. The summed E-state index contributed by atoms with van der Waals surface area (Å²) in [5.74, 6) is -1.48. The van der Waals surface area contributed by atoms with Gasteiger partial charge in [-0.15, -0.1) is 0 Å². The fourth-order valence-electron chi connectivity index (χ4n) is 1.68. The van der Waals surface area contributed by atoms with Crippen molar-refractivity contribution in [2.24, 2.45) is 0 Å². The summed E-state index contributed by atoms with van der Waals surface area (Å²) in [6, 6.07) is 10.8. The molecule has 1 N–H and O–H groups in total. The zero-order valence-electron chi connectivity index (χ0n) is 11.1. The van der Waals surface area contributed by atoms with Gasteiger partial charge in [0, 0.05) is 13.6 Å². The Morgan fingerprint density at radius 3 is 2.53 bits per heavy atom. The molecule has 0 fully saturated rings. The Labute approximate surface area is 112 Å². The zero-order chi connectivity index (χ0) is 14.3. The van der Waals surface area contributed by atoms with E-state index >= 15 is 0 Å². The van der Waals surface area contributed by atoms with Crippen molar-refractivity contribution in [3.63, 3.8) is 0 Å². The van der Waals surface area contributed by atoms with Gasteiger partial charge in [-0.25, -0.2) is 0 Å². The van der Waals surface area contributed by atoms with Gasteiger partial charge < -0.3 is 10.2 Å². The van der Waals surface area contributed by atoms with Crippen molar-refractivity contribution in [1.29, 1.82) is 5.26 Å². The second kappa shape index (κ2) is 7.17. The second-order valence-corrected chi connectivity index (χ2v) is 4.12. The molecule has 0 heterocycles. The van der Waals surface area contributed by atoms with Crippen LogP contribution in [0.3, 0.4) is 0 Å². The lowest BCUT2D eigenvalue weighted by Gasteiger charge is -2.19. The first-order valence-electron chi connectivity index (χ1n) is 6.06.